The van der Waals surface area contributed by atoms with E-state index >= 15 is 0 Å². The van der Waals surface area contributed by atoms with Crippen LogP contribution in [-0.4, -0.2) is 53.3 Å². The van der Waals surface area contributed by atoms with Crippen molar-refractivity contribution in [1.82, 2.24) is 5.32 Å². The SMILES string of the molecule is CCC(C)(C)C(C(=O)O)C(C)C(=O)NC[Si](OC)(OC)OC. The third-order valence-electron chi connectivity index (χ3n) is 4.34. The van der Waals surface area contributed by atoms with Crippen molar-refractivity contribution in [3.05, 3.63) is 0 Å². The van der Waals surface area contributed by atoms with E-state index in [1.54, 1.807) is 6.92 Å². The van der Waals surface area contributed by atoms with E-state index in [0.717, 1.165) is 0 Å². The van der Waals surface area contributed by atoms with Crippen molar-refractivity contribution in [3.63, 3.8) is 0 Å². The van der Waals surface area contributed by atoms with Crippen LogP contribution < -0.4 is 5.32 Å². The molecule has 0 radical (unpaired) electrons. The van der Waals surface area contributed by atoms with E-state index in [-0.39, 0.29) is 12.1 Å². The first-order valence-electron chi connectivity index (χ1n) is 7.26. The zero-order chi connectivity index (χ0) is 17.6. The van der Waals surface area contributed by atoms with Crippen molar-refractivity contribution in [2.75, 3.05) is 27.5 Å². The molecule has 0 aromatic rings. The maximum Gasteiger partial charge on any atom is 0.520 e. The van der Waals surface area contributed by atoms with E-state index in [1.807, 2.05) is 20.8 Å². The molecule has 2 unspecified atom stereocenters. The van der Waals surface area contributed by atoms with Crippen molar-refractivity contribution in [2.45, 2.75) is 34.1 Å². The zero-order valence-electron chi connectivity index (χ0n) is 14.6. The summed E-state index contributed by atoms with van der Waals surface area (Å²) in [5.41, 5.74) is -0.485. The lowest BCUT2D eigenvalue weighted by molar-refractivity contribution is -0.152. The van der Waals surface area contributed by atoms with Gasteiger partial charge in [-0.2, -0.15) is 0 Å². The molecule has 8 heteroatoms. The van der Waals surface area contributed by atoms with E-state index in [0.29, 0.717) is 6.42 Å². The second kappa shape index (κ2) is 8.61. The Balaban J connectivity index is 5.01. The molecule has 0 saturated heterocycles. The number of carbonyl (C=O) groups excluding carboxylic acids is 1. The van der Waals surface area contributed by atoms with Crippen LogP contribution in [0.25, 0.3) is 0 Å². The maximum absolute atomic E-state index is 12.3. The molecule has 0 saturated carbocycles. The minimum absolute atomic E-state index is 0.0958. The molecule has 2 N–H and O–H groups in total. The van der Waals surface area contributed by atoms with Gasteiger partial charge in [-0.05, 0) is 5.41 Å². The molecular formula is C14H29NO6Si. The van der Waals surface area contributed by atoms with Crippen LogP contribution >= 0.6 is 0 Å². The molecule has 0 aromatic carbocycles. The number of aliphatic carboxylic acids is 1. The molecule has 7 nitrogen and oxygen atoms in total. The summed E-state index contributed by atoms with van der Waals surface area (Å²) < 4.78 is 15.7. The summed E-state index contributed by atoms with van der Waals surface area (Å²) in [5.74, 6) is -2.77. The molecule has 0 aliphatic rings. The van der Waals surface area contributed by atoms with E-state index < -0.39 is 32.0 Å². The Morgan fingerprint density at radius 2 is 1.64 bits per heavy atom. The second-order valence-electron chi connectivity index (χ2n) is 5.96. The van der Waals surface area contributed by atoms with Crippen molar-refractivity contribution >= 4 is 20.7 Å². The number of hydrogen-bond donors (Lipinski definition) is 2. The highest BCUT2D eigenvalue weighted by Gasteiger charge is 2.43. The van der Waals surface area contributed by atoms with Gasteiger partial charge in [-0.25, -0.2) is 0 Å². The van der Waals surface area contributed by atoms with Gasteiger partial charge in [-0.3, -0.25) is 9.59 Å². The number of hydrogen-bond acceptors (Lipinski definition) is 5. The predicted molar refractivity (Wildman–Crippen MR) is 84.2 cm³/mol. The lowest BCUT2D eigenvalue weighted by atomic mass is 9.70. The predicted octanol–water partition coefficient (Wildman–Crippen LogP) is 1.29. The summed E-state index contributed by atoms with van der Waals surface area (Å²) in [7, 11) is 1.44. The summed E-state index contributed by atoms with van der Waals surface area (Å²) in [5, 5.41) is 12.2. The molecule has 0 spiro atoms. The number of amides is 1. The van der Waals surface area contributed by atoms with Crippen LogP contribution in [-0.2, 0) is 22.9 Å². The van der Waals surface area contributed by atoms with Crippen LogP contribution in [0.4, 0.5) is 0 Å². The first-order chi connectivity index (χ1) is 10.1. The average Bonchev–Trinajstić information content (AvgIpc) is 2.48. The van der Waals surface area contributed by atoms with Crippen molar-refractivity contribution in [3.8, 4) is 0 Å². The normalized spacial score (nSPS) is 15.2. The highest BCUT2D eigenvalue weighted by molar-refractivity contribution is 6.61. The minimum atomic E-state index is -2.92. The molecule has 2 atom stereocenters. The van der Waals surface area contributed by atoms with Crippen LogP contribution in [0.5, 0.6) is 0 Å². The Hall–Kier alpha value is -0.963. The zero-order valence-corrected chi connectivity index (χ0v) is 15.6. The summed E-state index contributed by atoms with van der Waals surface area (Å²) in [6, 6.07) is 0. The van der Waals surface area contributed by atoms with Crippen molar-refractivity contribution in [1.29, 1.82) is 0 Å². The standard InChI is InChI=1S/C14H29NO6Si/c1-8-14(3,4)11(13(17)18)10(2)12(16)15-9-22(19-5,20-6)21-7/h10-11H,8-9H2,1-7H3,(H,15,16)(H,17,18). The summed E-state index contributed by atoms with van der Waals surface area (Å²) in [4.78, 5) is 23.9. The highest BCUT2D eigenvalue weighted by atomic mass is 28.4. The molecular weight excluding hydrogens is 306 g/mol. The number of carboxylic acids is 1. The van der Waals surface area contributed by atoms with Crippen LogP contribution in [0, 0.1) is 17.3 Å². The Morgan fingerprint density at radius 3 is 1.95 bits per heavy atom. The third kappa shape index (κ3) is 5.05. The molecule has 0 bridgehead atoms. The summed E-state index contributed by atoms with van der Waals surface area (Å²) >= 11 is 0. The Bertz CT molecular complexity index is 375. The van der Waals surface area contributed by atoms with E-state index in [4.69, 9.17) is 13.3 Å². The van der Waals surface area contributed by atoms with Crippen LogP contribution in [0.2, 0.25) is 0 Å². The van der Waals surface area contributed by atoms with Gasteiger partial charge >= 0.3 is 14.8 Å². The molecule has 0 aliphatic carbocycles. The van der Waals surface area contributed by atoms with Gasteiger partial charge in [-0.1, -0.05) is 34.1 Å². The topological polar surface area (TPSA) is 94.1 Å². The first-order valence-corrected chi connectivity index (χ1v) is 9.20. The summed E-state index contributed by atoms with van der Waals surface area (Å²) in [6.07, 6.45) is 0.757. The average molecular weight is 335 g/mol. The largest absolute Gasteiger partial charge is 0.520 e. The van der Waals surface area contributed by atoms with Gasteiger partial charge in [0.2, 0.25) is 5.91 Å². The van der Waals surface area contributed by atoms with Gasteiger partial charge in [0, 0.05) is 27.2 Å². The monoisotopic (exact) mass is 335 g/mol. The first kappa shape index (κ1) is 21.0. The van der Waals surface area contributed by atoms with Gasteiger partial charge in [0.05, 0.1) is 12.1 Å². The Kier molecular flexibility index (Phi) is 8.24. The van der Waals surface area contributed by atoms with Gasteiger partial charge < -0.3 is 23.7 Å². The van der Waals surface area contributed by atoms with Gasteiger partial charge in [0.25, 0.3) is 0 Å². The Morgan fingerprint density at radius 1 is 1.18 bits per heavy atom. The molecule has 0 aliphatic heterocycles. The molecule has 0 heterocycles. The van der Waals surface area contributed by atoms with Gasteiger partial charge in [-0.15, -0.1) is 0 Å². The fourth-order valence-corrected chi connectivity index (χ4v) is 3.74. The highest BCUT2D eigenvalue weighted by Crippen LogP contribution is 2.36. The quantitative estimate of drug-likeness (QED) is 0.584. The van der Waals surface area contributed by atoms with E-state index in [9.17, 15) is 14.7 Å². The second-order valence-corrected chi connectivity index (χ2v) is 8.90. The fourth-order valence-electron chi connectivity index (χ4n) is 2.42. The molecule has 22 heavy (non-hydrogen) atoms. The van der Waals surface area contributed by atoms with Crippen molar-refractivity contribution < 1.29 is 28.0 Å². The minimum Gasteiger partial charge on any atom is -0.481 e. The van der Waals surface area contributed by atoms with Gasteiger partial charge in [0.15, 0.2) is 0 Å². The maximum atomic E-state index is 12.3. The fraction of sp³-hybridized carbons (Fsp3) is 0.857. The van der Waals surface area contributed by atoms with Gasteiger partial charge in [0.1, 0.15) is 0 Å². The molecule has 130 valence electrons. The molecule has 0 aromatic heterocycles. The lowest BCUT2D eigenvalue weighted by Gasteiger charge is -2.34. The summed E-state index contributed by atoms with van der Waals surface area (Å²) in [6.45, 7) is 7.25. The molecule has 0 rings (SSSR count). The van der Waals surface area contributed by atoms with E-state index in [2.05, 4.69) is 5.32 Å². The number of carbonyl (C=O) groups is 2. The van der Waals surface area contributed by atoms with E-state index in [1.165, 1.54) is 21.3 Å². The van der Waals surface area contributed by atoms with Crippen LogP contribution in [0.15, 0.2) is 0 Å². The van der Waals surface area contributed by atoms with Crippen LogP contribution in [0.3, 0.4) is 0 Å². The van der Waals surface area contributed by atoms with Crippen LogP contribution in [0.1, 0.15) is 34.1 Å². The number of rotatable bonds is 10. The molecule has 1 amide bonds. The third-order valence-corrected chi connectivity index (χ3v) is 6.82. The van der Waals surface area contributed by atoms with Crippen molar-refractivity contribution in [2.24, 2.45) is 17.3 Å². The smallest absolute Gasteiger partial charge is 0.481 e. The number of carboxylic acid groups (broad SMARTS) is 1. The molecule has 0 fully saturated rings. The number of nitrogens with one attached hydrogen (secondary N) is 1. The lowest BCUT2D eigenvalue weighted by Crippen LogP contribution is -2.55. The Labute approximate surface area is 133 Å².